The van der Waals surface area contributed by atoms with E-state index in [4.69, 9.17) is 0 Å². The number of aryl methyl sites for hydroxylation is 1. The van der Waals surface area contributed by atoms with Gasteiger partial charge in [0.2, 0.25) is 5.95 Å². The molecule has 1 aromatic rings. The third-order valence-corrected chi connectivity index (χ3v) is 3.21. The Morgan fingerprint density at radius 2 is 2.00 bits per heavy atom. The Labute approximate surface area is 120 Å². The van der Waals surface area contributed by atoms with Crippen molar-refractivity contribution >= 4 is 11.5 Å². The fourth-order valence-corrected chi connectivity index (χ4v) is 2.12. The van der Waals surface area contributed by atoms with Gasteiger partial charge in [0.25, 0.3) is 0 Å². The highest BCUT2D eigenvalue weighted by atomic mass is 19.1. The Kier molecular flexibility index (Phi) is 5.11. The van der Waals surface area contributed by atoms with Gasteiger partial charge in [-0.2, -0.15) is 9.97 Å². The lowest BCUT2D eigenvalue weighted by Crippen LogP contribution is -2.26. The van der Waals surface area contributed by atoms with Crippen LogP contribution in [0.4, 0.5) is 19.1 Å². The summed E-state index contributed by atoms with van der Waals surface area (Å²) in [6.07, 6.45) is 0.235. The maximum Gasteiger partial charge on any atom is 0.226 e. The van der Waals surface area contributed by atoms with Crippen LogP contribution in [0.25, 0.3) is 5.57 Å². The van der Waals surface area contributed by atoms with Crippen LogP contribution in [0.3, 0.4) is 0 Å². The summed E-state index contributed by atoms with van der Waals surface area (Å²) in [5, 5.41) is 12.1. The SMILES string of the molecule is Cc1nc(NC(CF)CF)nc(C2=C(F)C(O)CCC2)n1. The van der Waals surface area contributed by atoms with Crippen LogP contribution in [0.2, 0.25) is 0 Å². The van der Waals surface area contributed by atoms with Crippen molar-refractivity contribution in [3.05, 3.63) is 17.5 Å². The van der Waals surface area contributed by atoms with Crippen molar-refractivity contribution in [1.82, 2.24) is 15.0 Å². The smallest absolute Gasteiger partial charge is 0.226 e. The molecule has 0 saturated heterocycles. The summed E-state index contributed by atoms with van der Waals surface area (Å²) in [5.74, 6) is -0.249. The molecule has 1 atom stereocenters. The van der Waals surface area contributed by atoms with Gasteiger partial charge in [-0.15, -0.1) is 0 Å². The molecule has 0 amide bonds. The first kappa shape index (κ1) is 15.7. The number of rotatable bonds is 5. The van der Waals surface area contributed by atoms with Gasteiger partial charge in [0, 0.05) is 5.57 Å². The number of hydrogen-bond acceptors (Lipinski definition) is 5. The van der Waals surface area contributed by atoms with E-state index in [0.717, 1.165) is 0 Å². The van der Waals surface area contributed by atoms with Gasteiger partial charge < -0.3 is 10.4 Å². The molecule has 0 radical (unpaired) electrons. The molecule has 1 aromatic heterocycles. The number of anilines is 1. The maximum atomic E-state index is 14.0. The van der Waals surface area contributed by atoms with Crippen LogP contribution in [-0.2, 0) is 0 Å². The van der Waals surface area contributed by atoms with E-state index in [9.17, 15) is 18.3 Å². The van der Waals surface area contributed by atoms with E-state index in [-0.39, 0.29) is 17.3 Å². The Morgan fingerprint density at radius 1 is 1.29 bits per heavy atom. The molecule has 5 nitrogen and oxygen atoms in total. The first-order valence-corrected chi connectivity index (χ1v) is 6.73. The first-order chi connectivity index (χ1) is 10.0. The highest BCUT2D eigenvalue weighted by molar-refractivity contribution is 5.64. The summed E-state index contributed by atoms with van der Waals surface area (Å²) in [7, 11) is 0. The number of nitrogens with zero attached hydrogens (tertiary/aromatic N) is 3. The third-order valence-electron chi connectivity index (χ3n) is 3.21. The van der Waals surface area contributed by atoms with Crippen LogP contribution in [-0.4, -0.2) is 45.6 Å². The molecule has 1 aliphatic rings. The van der Waals surface area contributed by atoms with Crippen molar-refractivity contribution in [2.75, 3.05) is 18.7 Å². The van der Waals surface area contributed by atoms with Crippen LogP contribution in [0.5, 0.6) is 0 Å². The molecule has 0 aliphatic heterocycles. The van der Waals surface area contributed by atoms with Crippen LogP contribution in [0.15, 0.2) is 5.83 Å². The van der Waals surface area contributed by atoms with Crippen molar-refractivity contribution in [1.29, 1.82) is 0 Å². The molecule has 2 rings (SSSR count). The number of allylic oxidation sites excluding steroid dienone is 1. The van der Waals surface area contributed by atoms with Crippen molar-refractivity contribution in [2.45, 2.75) is 38.3 Å². The van der Waals surface area contributed by atoms with Gasteiger partial charge in [0.1, 0.15) is 31.1 Å². The molecule has 0 spiro atoms. The number of alkyl halides is 2. The number of aliphatic hydroxyl groups excluding tert-OH is 1. The minimum absolute atomic E-state index is 0.00170. The molecule has 2 N–H and O–H groups in total. The van der Waals surface area contributed by atoms with E-state index in [1.54, 1.807) is 6.92 Å². The molecule has 0 fully saturated rings. The van der Waals surface area contributed by atoms with Crippen LogP contribution in [0, 0.1) is 6.92 Å². The zero-order valence-electron chi connectivity index (χ0n) is 11.6. The van der Waals surface area contributed by atoms with Crippen LogP contribution < -0.4 is 5.32 Å². The molecule has 1 heterocycles. The molecular formula is C13H17F3N4O. The highest BCUT2D eigenvalue weighted by Gasteiger charge is 2.24. The molecular weight excluding hydrogens is 285 g/mol. The Morgan fingerprint density at radius 3 is 2.67 bits per heavy atom. The van der Waals surface area contributed by atoms with Gasteiger partial charge >= 0.3 is 0 Å². The van der Waals surface area contributed by atoms with Gasteiger partial charge in [-0.1, -0.05) is 0 Å². The van der Waals surface area contributed by atoms with Gasteiger partial charge in [-0.05, 0) is 26.2 Å². The second-order valence-electron chi connectivity index (χ2n) is 4.91. The monoisotopic (exact) mass is 302 g/mol. The molecule has 0 bridgehead atoms. The van der Waals surface area contributed by atoms with Crippen LogP contribution >= 0.6 is 0 Å². The van der Waals surface area contributed by atoms with Crippen molar-refractivity contribution in [2.24, 2.45) is 0 Å². The molecule has 8 heteroatoms. The van der Waals surface area contributed by atoms with E-state index >= 15 is 0 Å². The van der Waals surface area contributed by atoms with E-state index in [1.165, 1.54) is 0 Å². The zero-order chi connectivity index (χ0) is 15.4. The van der Waals surface area contributed by atoms with E-state index in [1.807, 2.05) is 0 Å². The summed E-state index contributed by atoms with van der Waals surface area (Å²) in [6.45, 7) is -0.243. The zero-order valence-corrected chi connectivity index (χ0v) is 11.6. The van der Waals surface area contributed by atoms with E-state index in [0.29, 0.717) is 25.1 Å². The maximum absolute atomic E-state index is 14.0. The van der Waals surface area contributed by atoms with Gasteiger partial charge in [-0.3, -0.25) is 0 Å². The number of halogens is 3. The minimum atomic E-state index is -1.15. The quantitative estimate of drug-likeness (QED) is 0.872. The minimum Gasteiger partial charge on any atom is -0.386 e. The summed E-state index contributed by atoms with van der Waals surface area (Å²) in [6, 6.07) is -1.05. The predicted molar refractivity (Wildman–Crippen MR) is 71.8 cm³/mol. The van der Waals surface area contributed by atoms with Gasteiger partial charge in [0.05, 0.1) is 6.04 Å². The van der Waals surface area contributed by atoms with E-state index < -0.39 is 31.3 Å². The topological polar surface area (TPSA) is 70.9 Å². The summed E-state index contributed by atoms with van der Waals surface area (Å²) >= 11 is 0. The number of nitrogens with one attached hydrogen (secondary N) is 1. The standard InChI is InChI=1S/C13H17F3N4O/c1-7-17-12(9-3-2-4-10(21)11(9)16)20-13(18-7)19-8(5-14)6-15/h8,10,21H,2-6H2,1H3,(H,17,18,19,20). The third kappa shape index (κ3) is 3.69. The number of aliphatic hydroxyl groups is 1. The van der Waals surface area contributed by atoms with Crippen molar-refractivity contribution in [3.63, 3.8) is 0 Å². The summed E-state index contributed by atoms with van der Waals surface area (Å²) < 4.78 is 39.0. The summed E-state index contributed by atoms with van der Waals surface area (Å²) in [4.78, 5) is 12.0. The van der Waals surface area contributed by atoms with Gasteiger partial charge in [-0.25, -0.2) is 18.2 Å². The molecule has 1 unspecified atom stereocenters. The molecule has 1 aliphatic carbocycles. The molecule has 0 aromatic carbocycles. The fraction of sp³-hybridized carbons (Fsp3) is 0.615. The normalized spacial score (nSPS) is 19.2. The average molecular weight is 302 g/mol. The number of hydrogen-bond donors (Lipinski definition) is 2. The average Bonchev–Trinajstić information content (AvgIpc) is 2.47. The largest absolute Gasteiger partial charge is 0.386 e. The van der Waals surface area contributed by atoms with Crippen molar-refractivity contribution < 1.29 is 18.3 Å². The Balaban J connectivity index is 2.33. The second kappa shape index (κ2) is 6.84. The lowest BCUT2D eigenvalue weighted by atomic mass is 9.96. The first-order valence-electron chi connectivity index (χ1n) is 6.73. The summed E-state index contributed by atoms with van der Waals surface area (Å²) in [5.41, 5.74) is 0.222. The molecule has 21 heavy (non-hydrogen) atoms. The Bertz CT molecular complexity index is 534. The fourth-order valence-electron chi connectivity index (χ4n) is 2.12. The van der Waals surface area contributed by atoms with Crippen LogP contribution in [0.1, 0.15) is 30.9 Å². The van der Waals surface area contributed by atoms with E-state index in [2.05, 4.69) is 20.3 Å². The second-order valence-corrected chi connectivity index (χ2v) is 4.91. The lowest BCUT2D eigenvalue weighted by Gasteiger charge is -2.19. The highest BCUT2D eigenvalue weighted by Crippen LogP contribution is 2.31. The number of aromatic nitrogens is 3. The van der Waals surface area contributed by atoms with Crippen molar-refractivity contribution in [3.8, 4) is 0 Å². The Hall–Kier alpha value is -1.70. The van der Waals surface area contributed by atoms with Gasteiger partial charge in [0.15, 0.2) is 5.82 Å². The predicted octanol–water partition coefficient (Wildman–Crippen LogP) is 2.12. The molecule has 116 valence electrons. The molecule has 0 saturated carbocycles. The lowest BCUT2D eigenvalue weighted by molar-refractivity contribution is 0.165.